The molecule has 6 heteroatoms. The molecule has 0 saturated heterocycles. The van der Waals surface area contributed by atoms with E-state index in [1.165, 1.54) is 22.3 Å². The molecule has 0 saturated carbocycles. The van der Waals surface area contributed by atoms with Crippen molar-refractivity contribution in [2.75, 3.05) is 13.2 Å². The summed E-state index contributed by atoms with van der Waals surface area (Å²) in [6.45, 7) is 10.8. The van der Waals surface area contributed by atoms with E-state index in [-0.39, 0.29) is 24.1 Å². The van der Waals surface area contributed by atoms with Crippen molar-refractivity contribution in [1.82, 2.24) is 5.32 Å². The lowest BCUT2D eigenvalue weighted by molar-refractivity contribution is -0.113. The first-order chi connectivity index (χ1) is 14.1. The molecule has 0 spiro atoms. The van der Waals surface area contributed by atoms with Gasteiger partial charge in [-0.1, -0.05) is 69.3 Å². The van der Waals surface area contributed by atoms with Gasteiger partial charge in [-0.2, -0.15) is 0 Å². The van der Waals surface area contributed by atoms with Crippen molar-refractivity contribution < 1.29 is 18.8 Å². The normalized spacial score (nSPS) is 14.6. The number of aldehydes is 1. The topological polar surface area (TPSA) is 64.6 Å². The number of benzene rings is 2. The summed E-state index contributed by atoms with van der Waals surface area (Å²) in [5.74, 6) is 0.00787. The Hall–Kier alpha value is -2.44. The summed E-state index contributed by atoms with van der Waals surface area (Å²) in [5.41, 5.74) is 4.70. The summed E-state index contributed by atoms with van der Waals surface area (Å²) in [5, 5.41) is 2.67. The van der Waals surface area contributed by atoms with Crippen molar-refractivity contribution >= 4 is 20.7 Å². The Kier molecular flexibility index (Phi) is 6.48. The van der Waals surface area contributed by atoms with Crippen LogP contribution >= 0.6 is 0 Å². The van der Waals surface area contributed by atoms with Crippen LogP contribution in [0.1, 0.15) is 37.8 Å². The number of rotatable bonds is 7. The Morgan fingerprint density at radius 2 is 1.60 bits per heavy atom. The average Bonchev–Trinajstić information content (AvgIpc) is 3.02. The highest BCUT2D eigenvalue weighted by molar-refractivity contribution is 6.74. The zero-order valence-electron chi connectivity index (χ0n) is 18.4. The summed E-state index contributed by atoms with van der Waals surface area (Å²) < 4.78 is 11.6. The highest BCUT2D eigenvalue weighted by atomic mass is 28.4. The van der Waals surface area contributed by atoms with Gasteiger partial charge in [0, 0.05) is 5.92 Å². The Labute approximate surface area is 179 Å². The second kappa shape index (κ2) is 8.74. The second-order valence-corrected chi connectivity index (χ2v) is 14.0. The smallest absolute Gasteiger partial charge is 0.407 e. The van der Waals surface area contributed by atoms with E-state index in [9.17, 15) is 9.59 Å². The number of hydrogen-bond acceptors (Lipinski definition) is 4. The molecule has 0 unspecified atom stereocenters. The fourth-order valence-electron chi connectivity index (χ4n) is 3.51. The van der Waals surface area contributed by atoms with Crippen LogP contribution in [-0.2, 0) is 14.0 Å². The average molecular weight is 426 g/mol. The molecule has 2 aromatic carbocycles. The van der Waals surface area contributed by atoms with Gasteiger partial charge < -0.3 is 19.3 Å². The highest BCUT2D eigenvalue weighted by Gasteiger charge is 2.39. The minimum Gasteiger partial charge on any atom is -0.449 e. The van der Waals surface area contributed by atoms with Crippen molar-refractivity contribution in [3.63, 3.8) is 0 Å². The summed E-state index contributed by atoms with van der Waals surface area (Å²) >= 11 is 0. The number of carbonyl (C=O) groups excluding carboxylic acids is 2. The first-order valence-corrected chi connectivity index (χ1v) is 13.3. The summed E-state index contributed by atoms with van der Waals surface area (Å²) in [7, 11) is -2.10. The van der Waals surface area contributed by atoms with Gasteiger partial charge in [0.1, 0.15) is 19.0 Å². The number of nitrogens with one attached hydrogen (secondary N) is 1. The zero-order chi connectivity index (χ0) is 21.9. The summed E-state index contributed by atoms with van der Waals surface area (Å²) in [6, 6.07) is 16.4. The number of ether oxygens (including phenoxy) is 1. The predicted molar refractivity (Wildman–Crippen MR) is 121 cm³/mol. The third-order valence-electron chi connectivity index (χ3n) is 6.20. The van der Waals surface area contributed by atoms with Crippen LogP contribution in [0.15, 0.2) is 48.5 Å². The molecule has 1 N–H and O–H groups in total. The van der Waals surface area contributed by atoms with Crippen molar-refractivity contribution in [3.05, 3.63) is 59.7 Å². The Balaban J connectivity index is 1.58. The summed E-state index contributed by atoms with van der Waals surface area (Å²) in [4.78, 5) is 23.8. The lowest BCUT2D eigenvalue weighted by Gasteiger charge is -2.38. The van der Waals surface area contributed by atoms with Crippen molar-refractivity contribution in [1.29, 1.82) is 0 Å². The maximum atomic E-state index is 12.3. The maximum absolute atomic E-state index is 12.3. The molecule has 3 rings (SSSR count). The van der Waals surface area contributed by atoms with E-state index in [1.54, 1.807) is 0 Å². The number of amides is 1. The number of alkyl carbamates (subject to hydrolysis) is 1. The van der Waals surface area contributed by atoms with Gasteiger partial charge in [-0.05, 0) is 40.4 Å². The van der Waals surface area contributed by atoms with Crippen LogP contribution in [0.5, 0.6) is 0 Å². The number of hydrogen-bond donors (Lipinski definition) is 1. The Morgan fingerprint density at radius 1 is 1.07 bits per heavy atom. The molecule has 1 aliphatic rings. The molecule has 0 aromatic heterocycles. The molecule has 0 heterocycles. The molecule has 0 radical (unpaired) electrons. The predicted octanol–water partition coefficient (Wildman–Crippen LogP) is 5.11. The van der Waals surface area contributed by atoms with Crippen LogP contribution in [0.25, 0.3) is 11.1 Å². The SMILES string of the molecule is CC(C)(C)[Si](C)(C)O[C@H](C=O)CNC(=O)OCC1c2ccccc2-c2ccccc21. The molecule has 1 aliphatic carbocycles. The lowest BCUT2D eigenvalue weighted by atomic mass is 9.98. The molecule has 1 atom stereocenters. The minimum absolute atomic E-state index is 0.00787. The summed E-state index contributed by atoms with van der Waals surface area (Å²) in [6.07, 6.45) is -0.460. The van der Waals surface area contributed by atoms with Gasteiger partial charge >= 0.3 is 6.09 Å². The van der Waals surface area contributed by atoms with Crippen LogP contribution in [0.4, 0.5) is 4.79 Å². The molecule has 0 bridgehead atoms. The monoisotopic (exact) mass is 425 g/mol. The molecule has 0 fully saturated rings. The van der Waals surface area contributed by atoms with Gasteiger partial charge in [-0.3, -0.25) is 0 Å². The molecule has 0 aliphatic heterocycles. The molecular formula is C24H31NO4Si. The first kappa shape index (κ1) is 22.2. The maximum Gasteiger partial charge on any atom is 0.407 e. The third kappa shape index (κ3) is 4.65. The van der Waals surface area contributed by atoms with Crippen LogP contribution in [0.2, 0.25) is 18.1 Å². The van der Waals surface area contributed by atoms with Crippen LogP contribution < -0.4 is 5.32 Å². The van der Waals surface area contributed by atoms with Crippen LogP contribution in [-0.4, -0.2) is 40.0 Å². The van der Waals surface area contributed by atoms with E-state index in [0.717, 1.165) is 6.29 Å². The van der Waals surface area contributed by atoms with Gasteiger partial charge in [-0.15, -0.1) is 0 Å². The molecular weight excluding hydrogens is 394 g/mol. The highest BCUT2D eigenvalue weighted by Crippen LogP contribution is 2.44. The first-order valence-electron chi connectivity index (χ1n) is 10.4. The van der Waals surface area contributed by atoms with Crippen LogP contribution in [0.3, 0.4) is 0 Å². The van der Waals surface area contributed by atoms with Crippen molar-refractivity contribution in [3.8, 4) is 11.1 Å². The molecule has 2 aromatic rings. The lowest BCUT2D eigenvalue weighted by Crippen LogP contribution is -2.47. The van der Waals surface area contributed by atoms with Crippen molar-refractivity contribution in [2.45, 2.75) is 50.9 Å². The van der Waals surface area contributed by atoms with Gasteiger partial charge in [0.25, 0.3) is 0 Å². The Bertz CT molecular complexity index is 874. The van der Waals surface area contributed by atoms with E-state index in [1.807, 2.05) is 24.3 Å². The van der Waals surface area contributed by atoms with Gasteiger partial charge in [0.05, 0.1) is 6.54 Å². The zero-order valence-corrected chi connectivity index (χ0v) is 19.4. The standard InChI is InChI=1S/C24H31NO4Si/c1-24(2,3)30(4,5)29-17(15-26)14-25-23(27)28-16-22-20-12-8-6-10-18(20)19-11-7-9-13-21(19)22/h6-13,15,17,22H,14,16H2,1-5H3,(H,25,27)/t17-/m0/s1. The number of carbonyl (C=O) groups is 2. The van der Waals surface area contributed by atoms with Crippen LogP contribution in [0, 0.1) is 0 Å². The molecule has 5 nitrogen and oxygen atoms in total. The Morgan fingerprint density at radius 3 is 2.10 bits per heavy atom. The van der Waals surface area contributed by atoms with E-state index in [4.69, 9.17) is 9.16 Å². The van der Waals surface area contributed by atoms with E-state index in [2.05, 4.69) is 63.4 Å². The van der Waals surface area contributed by atoms with Crippen molar-refractivity contribution in [2.24, 2.45) is 0 Å². The van der Waals surface area contributed by atoms with E-state index < -0.39 is 20.5 Å². The fraction of sp³-hybridized carbons (Fsp3) is 0.417. The molecule has 1 amide bonds. The third-order valence-corrected chi connectivity index (χ3v) is 10.7. The van der Waals surface area contributed by atoms with E-state index in [0.29, 0.717) is 0 Å². The fourth-order valence-corrected chi connectivity index (χ4v) is 4.76. The number of fused-ring (bicyclic) bond motifs is 3. The quantitative estimate of drug-likeness (QED) is 0.494. The van der Waals surface area contributed by atoms with Gasteiger partial charge in [0.15, 0.2) is 8.32 Å². The largest absolute Gasteiger partial charge is 0.449 e. The molecule has 30 heavy (non-hydrogen) atoms. The van der Waals surface area contributed by atoms with E-state index >= 15 is 0 Å². The van der Waals surface area contributed by atoms with Gasteiger partial charge in [-0.25, -0.2) is 4.79 Å². The van der Waals surface area contributed by atoms with Gasteiger partial charge in [0.2, 0.25) is 0 Å². The minimum atomic E-state index is -2.10. The molecule has 160 valence electrons. The second-order valence-electron chi connectivity index (χ2n) is 9.26.